The van der Waals surface area contributed by atoms with Gasteiger partial charge in [0.2, 0.25) is 0 Å². The van der Waals surface area contributed by atoms with Crippen LogP contribution in [0.2, 0.25) is 0 Å². The fraction of sp³-hybridized carbons (Fsp3) is 0.733. The highest BCUT2D eigenvalue weighted by molar-refractivity contribution is 6.66. The lowest BCUT2D eigenvalue weighted by Gasteiger charge is -2.34. The molecular formula is C15H15Cl6NO3. The predicted molar refractivity (Wildman–Crippen MR) is 99.3 cm³/mol. The SMILES string of the molecule is CCCCCCON1C(=O)[C@@H]2[C@H](C1=O)[C@@]1(Cl)C(Cl)=C(Cl)[C@@]2(Cl)C1(Cl)Cl. The number of carbonyl (C=O) groups excluding carboxylic acids is 2. The minimum atomic E-state index is -1.91. The van der Waals surface area contributed by atoms with Crippen molar-refractivity contribution >= 4 is 81.4 Å². The van der Waals surface area contributed by atoms with Gasteiger partial charge in [-0.15, -0.1) is 23.2 Å². The second-order valence-corrected chi connectivity index (χ2v) is 9.72. The van der Waals surface area contributed by atoms with Crippen LogP contribution in [0.1, 0.15) is 32.6 Å². The van der Waals surface area contributed by atoms with Crippen LogP contribution in [0.5, 0.6) is 0 Å². The smallest absolute Gasteiger partial charge is 0.259 e. The molecule has 140 valence electrons. The number of carbonyl (C=O) groups is 2. The molecule has 1 heterocycles. The van der Waals surface area contributed by atoms with Crippen molar-refractivity contribution in [2.45, 2.75) is 46.7 Å². The molecule has 0 spiro atoms. The number of allylic oxidation sites excluding steroid dienone is 2. The Morgan fingerprint density at radius 3 is 1.84 bits per heavy atom. The molecule has 2 fully saturated rings. The number of unbranched alkanes of at least 4 members (excludes halogenated alkanes) is 3. The largest absolute Gasteiger partial charge is 0.272 e. The van der Waals surface area contributed by atoms with Gasteiger partial charge in [-0.25, -0.2) is 0 Å². The Balaban J connectivity index is 1.88. The van der Waals surface area contributed by atoms with E-state index in [1.165, 1.54) is 0 Å². The number of hydroxylamine groups is 2. The van der Waals surface area contributed by atoms with Crippen molar-refractivity contribution in [2.75, 3.05) is 6.61 Å². The van der Waals surface area contributed by atoms with E-state index in [1.54, 1.807) is 0 Å². The van der Waals surface area contributed by atoms with Gasteiger partial charge in [-0.2, -0.15) is 5.06 Å². The van der Waals surface area contributed by atoms with Gasteiger partial charge in [0.05, 0.1) is 28.5 Å². The van der Waals surface area contributed by atoms with Crippen molar-refractivity contribution in [1.29, 1.82) is 0 Å². The van der Waals surface area contributed by atoms with E-state index >= 15 is 0 Å². The fourth-order valence-corrected chi connectivity index (χ4v) is 6.71. The number of alkyl halides is 4. The summed E-state index contributed by atoms with van der Waals surface area (Å²) < 4.78 is -1.91. The summed E-state index contributed by atoms with van der Waals surface area (Å²) in [5, 5.41) is 0.490. The molecule has 0 unspecified atom stereocenters. The maximum absolute atomic E-state index is 12.8. The van der Waals surface area contributed by atoms with E-state index in [0.29, 0.717) is 11.5 Å². The first-order chi connectivity index (χ1) is 11.6. The van der Waals surface area contributed by atoms with Gasteiger partial charge in [0.25, 0.3) is 11.8 Å². The maximum atomic E-state index is 12.8. The second kappa shape index (κ2) is 6.58. The molecule has 2 bridgehead atoms. The van der Waals surface area contributed by atoms with Gasteiger partial charge >= 0.3 is 0 Å². The molecule has 1 saturated heterocycles. The molecule has 0 aromatic rings. The molecule has 2 amide bonds. The lowest BCUT2D eigenvalue weighted by molar-refractivity contribution is -0.190. The third-order valence-electron chi connectivity index (χ3n) is 5.09. The van der Waals surface area contributed by atoms with Crippen LogP contribution in [-0.2, 0) is 14.4 Å². The Morgan fingerprint density at radius 2 is 1.40 bits per heavy atom. The minimum Gasteiger partial charge on any atom is -0.272 e. The van der Waals surface area contributed by atoms with E-state index in [-0.39, 0.29) is 16.7 Å². The van der Waals surface area contributed by atoms with Gasteiger partial charge < -0.3 is 0 Å². The first-order valence-electron chi connectivity index (χ1n) is 7.91. The second-order valence-electron chi connectivity index (χ2n) is 6.45. The van der Waals surface area contributed by atoms with E-state index in [2.05, 4.69) is 6.92 Å². The molecule has 1 saturated carbocycles. The molecule has 25 heavy (non-hydrogen) atoms. The third kappa shape index (κ3) is 2.31. The average Bonchev–Trinajstić information content (AvgIpc) is 2.93. The normalized spacial score (nSPS) is 38.9. The quantitative estimate of drug-likeness (QED) is 0.314. The van der Waals surface area contributed by atoms with Crippen LogP contribution in [-0.4, -0.2) is 37.6 Å². The van der Waals surface area contributed by atoms with Gasteiger partial charge in [0.1, 0.15) is 9.75 Å². The number of halogens is 6. The summed E-state index contributed by atoms with van der Waals surface area (Å²) >= 11 is 38.3. The minimum absolute atomic E-state index is 0.108. The molecule has 1 aliphatic heterocycles. The van der Waals surface area contributed by atoms with Crippen molar-refractivity contribution < 1.29 is 14.4 Å². The van der Waals surface area contributed by atoms with Crippen molar-refractivity contribution in [2.24, 2.45) is 11.8 Å². The highest BCUT2D eigenvalue weighted by atomic mass is 35.5. The van der Waals surface area contributed by atoms with Crippen LogP contribution in [0.3, 0.4) is 0 Å². The summed E-state index contributed by atoms with van der Waals surface area (Å²) in [6.45, 7) is 2.31. The van der Waals surface area contributed by atoms with Gasteiger partial charge in [-0.1, -0.05) is 72.6 Å². The van der Waals surface area contributed by atoms with E-state index in [9.17, 15) is 9.59 Å². The molecule has 10 heteroatoms. The summed E-state index contributed by atoms with van der Waals surface area (Å²) in [6.07, 6.45) is 3.75. The number of fused-ring (bicyclic) bond motifs is 5. The summed E-state index contributed by atoms with van der Waals surface area (Å²) in [5.74, 6) is -3.59. The molecule has 0 aromatic heterocycles. The summed E-state index contributed by atoms with van der Waals surface area (Å²) in [5.41, 5.74) is 0. The van der Waals surface area contributed by atoms with Crippen LogP contribution in [0, 0.1) is 11.8 Å². The zero-order valence-electron chi connectivity index (χ0n) is 13.1. The van der Waals surface area contributed by atoms with Crippen LogP contribution in [0.25, 0.3) is 0 Å². The van der Waals surface area contributed by atoms with Crippen LogP contribution in [0.4, 0.5) is 0 Å². The van der Waals surface area contributed by atoms with E-state index in [0.717, 1.165) is 19.3 Å². The number of amides is 2. The van der Waals surface area contributed by atoms with Crippen molar-refractivity contribution in [3.05, 3.63) is 10.1 Å². The van der Waals surface area contributed by atoms with Gasteiger partial charge in [-0.05, 0) is 6.42 Å². The van der Waals surface area contributed by atoms with E-state index < -0.39 is 37.7 Å². The third-order valence-corrected chi connectivity index (χ3v) is 9.35. The topological polar surface area (TPSA) is 46.6 Å². The van der Waals surface area contributed by atoms with E-state index in [1.807, 2.05) is 0 Å². The standard InChI is InChI=1S/C15H15Cl6NO3/c1-2-3-4-5-6-25-22-11(23)7-8(12(22)24)14(19)10(17)9(16)13(7,18)15(14,20)21/h7-8H,2-6H2,1H3/t7-,8+,13-,14-/m1/s1. The van der Waals surface area contributed by atoms with Gasteiger partial charge in [0.15, 0.2) is 4.33 Å². The Kier molecular flexibility index (Phi) is 5.35. The molecule has 4 atom stereocenters. The molecule has 2 aliphatic carbocycles. The van der Waals surface area contributed by atoms with Gasteiger partial charge in [-0.3, -0.25) is 14.4 Å². The fourth-order valence-electron chi connectivity index (χ4n) is 3.78. The molecule has 3 aliphatic rings. The maximum Gasteiger partial charge on any atom is 0.259 e. The van der Waals surface area contributed by atoms with Gasteiger partial charge in [0, 0.05) is 0 Å². The molecule has 0 radical (unpaired) electrons. The monoisotopic (exact) mass is 467 g/mol. The van der Waals surface area contributed by atoms with Crippen LogP contribution < -0.4 is 0 Å². The number of rotatable bonds is 6. The molecular weight excluding hydrogens is 455 g/mol. The first-order valence-corrected chi connectivity index (χ1v) is 10.2. The Morgan fingerprint density at radius 1 is 0.920 bits per heavy atom. The molecule has 0 N–H and O–H groups in total. The highest BCUT2D eigenvalue weighted by Crippen LogP contribution is 2.77. The highest BCUT2D eigenvalue weighted by Gasteiger charge is 2.87. The zero-order valence-corrected chi connectivity index (χ0v) is 17.7. The summed E-state index contributed by atoms with van der Waals surface area (Å²) in [4.78, 5) is 27.4. The Bertz CT molecular complexity index is 622. The summed E-state index contributed by atoms with van der Waals surface area (Å²) in [6, 6.07) is 0. The predicted octanol–water partition coefficient (Wildman–Crippen LogP) is 4.95. The van der Waals surface area contributed by atoms with Crippen molar-refractivity contribution in [1.82, 2.24) is 5.06 Å². The zero-order chi connectivity index (χ0) is 18.8. The first kappa shape index (κ1) is 20.3. The molecule has 4 nitrogen and oxygen atoms in total. The van der Waals surface area contributed by atoms with Crippen LogP contribution in [0.15, 0.2) is 10.1 Å². The van der Waals surface area contributed by atoms with Crippen LogP contribution >= 0.6 is 69.6 Å². The summed E-state index contributed by atoms with van der Waals surface area (Å²) in [7, 11) is 0. The van der Waals surface area contributed by atoms with E-state index in [4.69, 9.17) is 74.4 Å². The number of hydrogen-bond acceptors (Lipinski definition) is 3. The molecule has 0 aromatic carbocycles. The average molecular weight is 470 g/mol. The van der Waals surface area contributed by atoms with Crippen molar-refractivity contribution in [3.63, 3.8) is 0 Å². The number of nitrogens with zero attached hydrogens (tertiary/aromatic N) is 1. The van der Waals surface area contributed by atoms with Crippen molar-refractivity contribution in [3.8, 4) is 0 Å². The number of imide groups is 1. The number of hydrogen-bond donors (Lipinski definition) is 0. The Hall–Kier alpha value is 0.580. The lowest BCUT2D eigenvalue weighted by atomic mass is 9.84. The Labute approximate surface area is 175 Å². The lowest BCUT2D eigenvalue weighted by Crippen LogP contribution is -2.50. The molecule has 3 rings (SSSR count).